The van der Waals surface area contributed by atoms with Gasteiger partial charge >= 0.3 is 0 Å². The van der Waals surface area contributed by atoms with Crippen LogP contribution < -0.4 is 5.73 Å². The van der Waals surface area contributed by atoms with E-state index in [0.29, 0.717) is 18.8 Å². The maximum atomic E-state index is 10.2. The SMILES string of the molecule is NCCn1nnnc1SCC1(O)CCCC1. The lowest BCUT2D eigenvalue weighted by Gasteiger charge is -2.20. The lowest BCUT2D eigenvalue weighted by molar-refractivity contribution is 0.0732. The van der Waals surface area contributed by atoms with Gasteiger partial charge < -0.3 is 10.8 Å². The van der Waals surface area contributed by atoms with Gasteiger partial charge in [-0.1, -0.05) is 24.6 Å². The number of tetrazole rings is 1. The van der Waals surface area contributed by atoms with Gasteiger partial charge in [0.2, 0.25) is 5.16 Å². The molecule has 0 atom stereocenters. The number of aliphatic hydroxyl groups is 1. The minimum absolute atomic E-state index is 0.517. The number of thioether (sulfide) groups is 1. The maximum absolute atomic E-state index is 10.2. The molecule has 1 fully saturated rings. The van der Waals surface area contributed by atoms with Gasteiger partial charge in [0, 0.05) is 12.3 Å². The third-order valence-electron chi connectivity index (χ3n) is 2.84. The summed E-state index contributed by atoms with van der Waals surface area (Å²) < 4.78 is 1.68. The van der Waals surface area contributed by atoms with E-state index in [0.717, 1.165) is 30.8 Å². The molecule has 0 bridgehead atoms. The Kier molecular flexibility index (Phi) is 3.78. The number of hydrogen-bond acceptors (Lipinski definition) is 6. The molecular formula is C9H17N5OS. The molecule has 0 saturated heterocycles. The Labute approximate surface area is 98.6 Å². The van der Waals surface area contributed by atoms with Gasteiger partial charge in [-0.05, 0) is 23.3 Å². The van der Waals surface area contributed by atoms with Gasteiger partial charge in [-0.2, -0.15) is 0 Å². The van der Waals surface area contributed by atoms with Crippen molar-refractivity contribution >= 4 is 11.8 Å². The zero-order chi connectivity index (χ0) is 11.4. The van der Waals surface area contributed by atoms with Crippen LogP contribution in [0.1, 0.15) is 25.7 Å². The fraction of sp³-hybridized carbons (Fsp3) is 0.889. The molecule has 0 unspecified atom stereocenters. The lowest BCUT2D eigenvalue weighted by atomic mass is 10.1. The van der Waals surface area contributed by atoms with Gasteiger partial charge in [0.15, 0.2) is 0 Å². The molecule has 1 aromatic heterocycles. The van der Waals surface area contributed by atoms with Gasteiger partial charge in [0.25, 0.3) is 0 Å². The van der Waals surface area contributed by atoms with Gasteiger partial charge in [-0.3, -0.25) is 0 Å². The summed E-state index contributed by atoms with van der Waals surface area (Å²) >= 11 is 1.51. The highest BCUT2D eigenvalue weighted by Crippen LogP contribution is 2.33. The Bertz CT molecular complexity index is 336. The highest BCUT2D eigenvalue weighted by Gasteiger charge is 2.31. The predicted octanol–water partition coefficient (Wildman–Crippen LogP) is 0.0290. The second-order valence-electron chi connectivity index (χ2n) is 4.19. The molecule has 0 aromatic carbocycles. The van der Waals surface area contributed by atoms with E-state index in [1.54, 1.807) is 4.68 Å². The van der Waals surface area contributed by atoms with E-state index in [9.17, 15) is 5.11 Å². The molecule has 6 nitrogen and oxygen atoms in total. The van der Waals surface area contributed by atoms with Crippen LogP contribution in [-0.2, 0) is 6.54 Å². The molecule has 3 N–H and O–H groups in total. The van der Waals surface area contributed by atoms with Crippen molar-refractivity contribution in [3.8, 4) is 0 Å². The molecule has 0 amide bonds. The van der Waals surface area contributed by atoms with Crippen LogP contribution >= 0.6 is 11.8 Å². The van der Waals surface area contributed by atoms with Crippen LogP contribution in [0, 0.1) is 0 Å². The Morgan fingerprint density at radius 1 is 1.44 bits per heavy atom. The van der Waals surface area contributed by atoms with E-state index in [1.807, 2.05) is 0 Å². The molecule has 0 aliphatic heterocycles. The molecule has 0 radical (unpaired) electrons. The Morgan fingerprint density at radius 3 is 2.88 bits per heavy atom. The van der Waals surface area contributed by atoms with Crippen molar-refractivity contribution in [1.29, 1.82) is 0 Å². The number of nitrogens with two attached hydrogens (primary N) is 1. The first-order valence-corrected chi connectivity index (χ1v) is 6.53. The molecule has 2 rings (SSSR count). The zero-order valence-corrected chi connectivity index (χ0v) is 9.99. The topological polar surface area (TPSA) is 89.9 Å². The van der Waals surface area contributed by atoms with Crippen molar-refractivity contribution in [3.63, 3.8) is 0 Å². The van der Waals surface area contributed by atoms with E-state index in [2.05, 4.69) is 15.5 Å². The molecule has 1 saturated carbocycles. The van der Waals surface area contributed by atoms with Crippen LogP contribution in [0.25, 0.3) is 0 Å². The standard InChI is InChI=1S/C9H17N5OS/c10-5-6-14-8(11-12-13-14)16-7-9(15)3-1-2-4-9/h15H,1-7,10H2. The Hall–Kier alpha value is -0.660. The van der Waals surface area contributed by atoms with Crippen LogP contribution in [0.4, 0.5) is 0 Å². The molecular weight excluding hydrogens is 226 g/mol. The maximum Gasteiger partial charge on any atom is 0.209 e. The normalized spacial score (nSPS) is 19.1. The predicted molar refractivity (Wildman–Crippen MR) is 61.0 cm³/mol. The first kappa shape index (κ1) is 11.8. The summed E-state index contributed by atoms with van der Waals surface area (Å²) in [4.78, 5) is 0. The van der Waals surface area contributed by atoms with Gasteiger partial charge in [0.1, 0.15) is 0 Å². The monoisotopic (exact) mass is 243 g/mol. The van der Waals surface area contributed by atoms with Crippen LogP contribution in [-0.4, -0.2) is 43.2 Å². The molecule has 1 aliphatic carbocycles. The van der Waals surface area contributed by atoms with E-state index in [-0.39, 0.29) is 0 Å². The number of aromatic nitrogens is 4. The fourth-order valence-corrected chi connectivity index (χ4v) is 3.00. The summed E-state index contributed by atoms with van der Waals surface area (Å²) in [5, 5.41) is 22.3. The Balaban J connectivity index is 1.91. The first-order chi connectivity index (χ1) is 7.73. The Morgan fingerprint density at radius 2 is 2.19 bits per heavy atom. The summed E-state index contributed by atoms with van der Waals surface area (Å²) in [6.07, 6.45) is 4.01. The van der Waals surface area contributed by atoms with Crippen molar-refractivity contribution in [2.45, 2.75) is 43.0 Å². The van der Waals surface area contributed by atoms with Crippen LogP contribution in [0.3, 0.4) is 0 Å². The molecule has 1 aromatic rings. The molecule has 0 spiro atoms. The highest BCUT2D eigenvalue weighted by atomic mass is 32.2. The summed E-state index contributed by atoms with van der Waals surface area (Å²) in [7, 11) is 0. The van der Waals surface area contributed by atoms with E-state index >= 15 is 0 Å². The van der Waals surface area contributed by atoms with Crippen LogP contribution in [0.2, 0.25) is 0 Å². The van der Waals surface area contributed by atoms with Crippen molar-refractivity contribution in [2.75, 3.05) is 12.3 Å². The van der Waals surface area contributed by atoms with Gasteiger partial charge in [-0.25, -0.2) is 4.68 Å². The third-order valence-corrected chi connectivity index (χ3v) is 4.08. The van der Waals surface area contributed by atoms with E-state index in [1.165, 1.54) is 11.8 Å². The summed E-state index contributed by atoms with van der Waals surface area (Å²) in [6.45, 7) is 1.14. The minimum Gasteiger partial charge on any atom is -0.389 e. The second-order valence-corrected chi connectivity index (χ2v) is 5.14. The molecule has 1 heterocycles. The van der Waals surface area contributed by atoms with Crippen LogP contribution in [0.15, 0.2) is 5.16 Å². The highest BCUT2D eigenvalue weighted by molar-refractivity contribution is 7.99. The average molecular weight is 243 g/mol. The van der Waals surface area contributed by atoms with Crippen molar-refractivity contribution in [1.82, 2.24) is 20.2 Å². The molecule has 1 aliphatic rings. The third kappa shape index (κ3) is 2.72. The lowest BCUT2D eigenvalue weighted by Crippen LogP contribution is -2.27. The molecule has 90 valence electrons. The summed E-state index contributed by atoms with van der Waals surface area (Å²) in [5.74, 6) is 0.665. The largest absolute Gasteiger partial charge is 0.389 e. The number of hydrogen-bond donors (Lipinski definition) is 2. The second kappa shape index (κ2) is 5.11. The molecule has 16 heavy (non-hydrogen) atoms. The summed E-state index contributed by atoms with van der Waals surface area (Å²) in [5.41, 5.74) is 4.93. The van der Waals surface area contributed by atoms with Crippen LogP contribution in [0.5, 0.6) is 0 Å². The average Bonchev–Trinajstić information content (AvgIpc) is 2.86. The van der Waals surface area contributed by atoms with Gasteiger partial charge in [-0.15, -0.1) is 5.10 Å². The van der Waals surface area contributed by atoms with E-state index in [4.69, 9.17) is 5.73 Å². The minimum atomic E-state index is -0.524. The number of rotatable bonds is 5. The van der Waals surface area contributed by atoms with E-state index < -0.39 is 5.60 Å². The van der Waals surface area contributed by atoms with Crippen molar-refractivity contribution < 1.29 is 5.11 Å². The van der Waals surface area contributed by atoms with Gasteiger partial charge in [0.05, 0.1) is 12.1 Å². The van der Waals surface area contributed by atoms with Crippen molar-refractivity contribution in [3.05, 3.63) is 0 Å². The fourth-order valence-electron chi connectivity index (χ4n) is 1.94. The molecule has 7 heteroatoms. The number of nitrogens with zero attached hydrogens (tertiary/aromatic N) is 4. The smallest absolute Gasteiger partial charge is 0.209 e. The van der Waals surface area contributed by atoms with Crippen molar-refractivity contribution in [2.24, 2.45) is 5.73 Å². The summed E-state index contributed by atoms with van der Waals surface area (Å²) in [6, 6.07) is 0. The quantitative estimate of drug-likeness (QED) is 0.709. The zero-order valence-electron chi connectivity index (χ0n) is 9.17. The first-order valence-electron chi connectivity index (χ1n) is 5.55.